The Hall–Kier alpha value is -0.795. The smallest absolute Gasteiger partial charge is 0.396 e. The van der Waals surface area contributed by atoms with Crippen LogP contribution >= 0.6 is 0 Å². The van der Waals surface area contributed by atoms with Crippen LogP contribution in [0.1, 0.15) is 18.6 Å². The van der Waals surface area contributed by atoms with Crippen molar-refractivity contribution in [3.8, 4) is 0 Å². The Balaban J connectivity index is 2.19. The fraction of sp³-hybridized carbons (Fsp3) is 0.333. The fourth-order valence-corrected chi connectivity index (χ4v) is 1.44. The molecular formula is C9H11BNO. The van der Waals surface area contributed by atoms with Crippen LogP contribution in [-0.2, 0) is 4.65 Å². The van der Waals surface area contributed by atoms with Gasteiger partial charge in [-0.1, -0.05) is 30.3 Å². The lowest BCUT2D eigenvalue weighted by molar-refractivity contribution is 0.228. The van der Waals surface area contributed by atoms with Crippen LogP contribution < -0.4 is 5.23 Å². The molecule has 0 spiro atoms. The van der Waals surface area contributed by atoms with Gasteiger partial charge in [0.25, 0.3) is 0 Å². The maximum absolute atomic E-state index is 5.42. The monoisotopic (exact) mass is 160 g/mol. The summed E-state index contributed by atoms with van der Waals surface area (Å²) < 4.78 is 5.42. The van der Waals surface area contributed by atoms with Crippen molar-refractivity contribution in [2.75, 3.05) is 0 Å². The van der Waals surface area contributed by atoms with Gasteiger partial charge in [-0.25, -0.2) is 0 Å². The van der Waals surface area contributed by atoms with Gasteiger partial charge in [0, 0.05) is 6.04 Å². The second-order valence-corrected chi connectivity index (χ2v) is 3.04. The molecule has 0 aromatic heterocycles. The first-order chi connectivity index (χ1) is 5.88. The number of nitrogens with one attached hydrogen (secondary N) is 1. The van der Waals surface area contributed by atoms with E-state index < -0.39 is 0 Å². The van der Waals surface area contributed by atoms with E-state index in [9.17, 15) is 0 Å². The lowest BCUT2D eigenvalue weighted by Gasteiger charge is -2.14. The Morgan fingerprint density at radius 1 is 1.33 bits per heavy atom. The highest BCUT2D eigenvalue weighted by Gasteiger charge is 2.25. The molecule has 2 nitrogen and oxygen atoms in total. The molecule has 1 radical (unpaired) electrons. The highest BCUT2D eigenvalue weighted by atomic mass is 16.5. The van der Waals surface area contributed by atoms with E-state index in [1.165, 1.54) is 5.56 Å². The zero-order valence-corrected chi connectivity index (χ0v) is 7.03. The van der Waals surface area contributed by atoms with E-state index in [4.69, 9.17) is 4.65 Å². The van der Waals surface area contributed by atoms with E-state index in [2.05, 4.69) is 24.3 Å². The summed E-state index contributed by atoms with van der Waals surface area (Å²) >= 11 is 0. The summed E-state index contributed by atoms with van der Waals surface area (Å²) in [5.41, 5.74) is 1.23. The van der Waals surface area contributed by atoms with E-state index in [1.54, 1.807) is 7.62 Å². The summed E-state index contributed by atoms with van der Waals surface area (Å²) in [5, 5.41) is 3.12. The number of hydrogen-bond donors (Lipinski definition) is 1. The lowest BCUT2D eigenvalue weighted by atomic mass is 10.0. The van der Waals surface area contributed by atoms with E-state index in [0.717, 1.165) is 0 Å². The van der Waals surface area contributed by atoms with Gasteiger partial charge in [-0.2, -0.15) is 0 Å². The molecule has 3 heteroatoms. The third-order valence-electron chi connectivity index (χ3n) is 2.13. The van der Waals surface area contributed by atoms with Gasteiger partial charge in [-0.15, -0.1) is 0 Å². The average Bonchev–Trinajstić information content (AvgIpc) is 2.53. The van der Waals surface area contributed by atoms with Crippen molar-refractivity contribution < 1.29 is 4.65 Å². The molecule has 1 aromatic carbocycles. The summed E-state index contributed by atoms with van der Waals surface area (Å²) in [6, 6.07) is 10.6. The van der Waals surface area contributed by atoms with Crippen LogP contribution in [0.15, 0.2) is 30.3 Å². The first kappa shape index (κ1) is 7.83. The maximum atomic E-state index is 5.42. The van der Waals surface area contributed by atoms with Crippen LogP contribution in [0.3, 0.4) is 0 Å². The Morgan fingerprint density at radius 2 is 2.08 bits per heavy atom. The molecule has 0 unspecified atom stereocenters. The van der Waals surface area contributed by atoms with Gasteiger partial charge >= 0.3 is 7.62 Å². The molecular weight excluding hydrogens is 149 g/mol. The SMILES string of the molecule is C[C@H]1N[B]O[C@H]1c1ccccc1. The number of hydrogen-bond acceptors (Lipinski definition) is 2. The van der Waals surface area contributed by atoms with Crippen LogP contribution in [-0.4, -0.2) is 13.7 Å². The molecule has 0 bridgehead atoms. The van der Waals surface area contributed by atoms with Crippen molar-refractivity contribution in [1.29, 1.82) is 0 Å². The standard InChI is InChI=1S/C9H11BNO/c1-7-9(12-10-11-7)8-5-3-2-4-6-8/h2-7,9,11H,1H3/t7-,9-/m1/s1. The normalized spacial score (nSPS) is 28.4. The second-order valence-electron chi connectivity index (χ2n) is 3.04. The predicted molar refractivity (Wildman–Crippen MR) is 48.6 cm³/mol. The van der Waals surface area contributed by atoms with Crippen molar-refractivity contribution in [1.82, 2.24) is 5.23 Å². The molecule has 2 rings (SSSR count). The second kappa shape index (κ2) is 3.29. The molecule has 1 aliphatic heterocycles. The van der Waals surface area contributed by atoms with Crippen LogP contribution in [0.25, 0.3) is 0 Å². The van der Waals surface area contributed by atoms with Gasteiger partial charge in [0.05, 0.1) is 6.10 Å². The summed E-state index contributed by atoms with van der Waals surface area (Å²) in [5.74, 6) is 0. The predicted octanol–water partition coefficient (Wildman–Crippen LogP) is 1.27. The zero-order chi connectivity index (χ0) is 8.39. The fourth-order valence-electron chi connectivity index (χ4n) is 1.44. The first-order valence-electron chi connectivity index (χ1n) is 4.16. The molecule has 0 aliphatic carbocycles. The Morgan fingerprint density at radius 3 is 2.67 bits per heavy atom. The van der Waals surface area contributed by atoms with Crippen molar-refractivity contribution in [2.45, 2.75) is 19.1 Å². The van der Waals surface area contributed by atoms with Crippen molar-refractivity contribution in [3.05, 3.63) is 35.9 Å². The molecule has 1 heterocycles. The van der Waals surface area contributed by atoms with Crippen LogP contribution in [0, 0.1) is 0 Å². The summed E-state index contributed by atoms with van der Waals surface area (Å²) in [6.07, 6.45) is 0.172. The summed E-state index contributed by atoms with van der Waals surface area (Å²) in [7, 11) is 1.67. The van der Waals surface area contributed by atoms with Crippen LogP contribution in [0.4, 0.5) is 0 Å². The van der Waals surface area contributed by atoms with E-state index >= 15 is 0 Å². The van der Waals surface area contributed by atoms with E-state index in [0.29, 0.717) is 6.04 Å². The molecule has 1 aliphatic rings. The maximum Gasteiger partial charge on any atom is 0.396 e. The minimum absolute atomic E-state index is 0.172. The van der Waals surface area contributed by atoms with Crippen molar-refractivity contribution in [2.24, 2.45) is 0 Å². The van der Waals surface area contributed by atoms with Crippen molar-refractivity contribution >= 4 is 7.62 Å². The molecule has 1 N–H and O–H groups in total. The Labute approximate surface area is 73.2 Å². The van der Waals surface area contributed by atoms with Gasteiger partial charge in [0.2, 0.25) is 0 Å². The van der Waals surface area contributed by atoms with Crippen LogP contribution in [0.2, 0.25) is 0 Å². The minimum Gasteiger partial charge on any atom is -0.416 e. The van der Waals surface area contributed by atoms with E-state index in [-0.39, 0.29) is 6.10 Å². The Kier molecular flexibility index (Phi) is 2.15. The third-order valence-corrected chi connectivity index (χ3v) is 2.13. The first-order valence-corrected chi connectivity index (χ1v) is 4.16. The quantitative estimate of drug-likeness (QED) is 0.624. The largest absolute Gasteiger partial charge is 0.416 e. The molecule has 0 saturated carbocycles. The van der Waals surface area contributed by atoms with Crippen LogP contribution in [0.5, 0.6) is 0 Å². The highest BCUT2D eigenvalue weighted by molar-refractivity contribution is 6.24. The van der Waals surface area contributed by atoms with Gasteiger partial charge in [-0.05, 0) is 12.5 Å². The molecule has 1 saturated heterocycles. The minimum atomic E-state index is 0.172. The lowest BCUT2D eigenvalue weighted by Crippen LogP contribution is -2.22. The average molecular weight is 160 g/mol. The van der Waals surface area contributed by atoms with Gasteiger partial charge in [0.1, 0.15) is 0 Å². The zero-order valence-electron chi connectivity index (χ0n) is 7.03. The molecule has 1 fully saturated rings. The summed E-state index contributed by atoms with van der Waals surface area (Å²) in [6.45, 7) is 2.11. The molecule has 12 heavy (non-hydrogen) atoms. The van der Waals surface area contributed by atoms with Crippen molar-refractivity contribution in [3.63, 3.8) is 0 Å². The number of benzene rings is 1. The molecule has 1 aromatic rings. The number of rotatable bonds is 1. The molecule has 2 atom stereocenters. The molecule has 0 amide bonds. The van der Waals surface area contributed by atoms with Gasteiger partial charge in [-0.3, -0.25) is 0 Å². The van der Waals surface area contributed by atoms with E-state index in [1.807, 2.05) is 18.2 Å². The Bertz CT molecular complexity index is 252. The third kappa shape index (κ3) is 1.38. The van der Waals surface area contributed by atoms with Gasteiger partial charge in [0.15, 0.2) is 0 Å². The highest BCUT2D eigenvalue weighted by Crippen LogP contribution is 2.23. The van der Waals surface area contributed by atoms with Gasteiger partial charge < -0.3 is 9.88 Å². The summed E-state index contributed by atoms with van der Waals surface area (Å²) in [4.78, 5) is 0. The topological polar surface area (TPSA) is 21.3 Å². The molecule has 61 valence electrons.